The molecule has 10 rings (SSSR count). The lowest BCUT2D eigenvalue weighted by atomic mass is 9.97. The van der Waals surface area contributed by atoms with E-state index in [9.17, 15) is 0 Å². The van der Waals surface area contributed by atoms with E-state index < -0.39 is 12.1 Å². The van der Waals surface area contributed by atoms with Gasteiger partial charge in [0.15, 0.2) is 0 Å². The van der Waals surface area contributed by atoms with E-state index in [-0.39, 0.29) is 46.5 Å². The van der Waals surface area contributed by atoms with Crippen molar-refractivity contribution in [3.8, 4) is 33.4 Å². The Hall–Kier alpha value is -6.48. The second kappa shape index (κ2) is 12.7. The van der Waals surface area contributed by atoms with Crippen LogP contribution in [0.1, 0.15) is 9.60 Å². The maximum Gasteiger partial charge on any atom is 0.0629 e. The summed E-state index contributed by atoms with van der Waals surface area (Å²) in [5.41, 5.74) is 7.80. The minimum Gasteiger partial charge on any atom is -0.310 e. The van der Waals surface area contributed by atoms with Crippen molar-refractivity contribution in [3.05, 3.63) is 200 Å². The molecular formula is C50H33NS. The average Bonchev–Trinajstić information content (AvgIpc) is 3.65. The largest absolute Gasteiger partial charge is 0.310 e. The van der Waals surface area contributed by atoms with Gasteiger partial charge in [0.2, 0.25) is 0 Å². The summed E-state index contributed by atoms with van der Waals surface area (Å²) in [6.07, 6.45) is 0. The predicted octanol–water partition coefficient (Wildman–Crippen LogP) is 14.8. The minimum absolute atomic E-state index is 0.0605. The van der Waals surface area contributed by atoms with Crippen molar-refractivity contribution in [3.63, 3.8) is 0 Å². The van der Waals surface area contributed by atoms with Crippen molar-refractivity contribution < 1.29 is 9.60 Å². The average molecular weight is 687 g/mol. The molecule has 0 aliphatic rings. The van der Waals surface area contributed by atoms with Crippen molar-refractivity contribution in [1.82, 2.24) is 0 Å². The maximum atomic E-state index is 8.91. The zero-order valence-electron chi connectivity index (χ0n) is 34.9. The van der Waals surface area contributed by atoms with Crippen LogP contribution in [-0.4, -0.2) is 0 Å². The molecule has 1 heterocycles. The zero-order valence-corrected chi connectivity index (χ0v) is 28.7. The van der Waals surface area contributed by atoms with E-state index in [0.717, 1.165) is 39.3 Å². The highest BCUT2D eigenvalue weighted by Crippen LogP contribution is 2.41. The Balaban J connectivity index is 1.11. The van der Waals surface area contributed by atoms with Crippen LogP contribution >= 0.6 is 11.3 Å². The van der Waals surface area contributed by atoms with Crippen LogP contribution in [0.4, 0.5) is 17.1 Å². The van der Waals surface area contributed by atoms with Crippen LogP contribution in [0.15, 0.2) is 200 Å². The van der Waals surface area contributed by atoms with Crippen molar-refractivity contribution >= 4 is 70.1 Å². The Morgan fingerprint density at radius 2 is 1.00 bits per heavy atom. The van der Waals surface area contributed by atoms with E-state index >= 15 is 0 Å². The topological polar surface area (TPSA) is 3.24 Å². The molecule has 0 aliphatic heterocycles. The first-order valence-electron chi connectivity index (χ1n) is 20.7. The number of fused-ring (bicyclic) bond motifs is 5. The molecule has 1 aromatic heterocycles. The molecule has 0 amide bonds. The Bertz CT molecular complexity index is 3290. The fraction of sp³-hybridized carbons (Fsp3) is 0. The summed E-state index contributed by atoms with van der Waals surface area (Å²) in [4.78, 5) is 2.17. The lowest BCUT2D eigenvalue weighted by molar-refractivity contribution is 1.28. The lowest BCUT2D eigenvalue weighted by Crippen LogP contribution is -2.10. The number of rotatable bonds is 6. The molecule has 0 atom stereocenters. The van der Waals surface area contributed by atoms with Gasteiger partial charge in [-0.1, -0.05) is 151 Å². The third-order valence-corrected chi connectivity index (χ3v) is 10.9. The van der Waals surface area contributed by atoms with E-state index in [4.69, 9.17) is 9.60 Å². The fourth-order valence-electron chi connectivity index (χ4n) is 7.25. The molecule has 244 valence electrons. The van der Waals surface area contributed by atoms with Crippen LogP contribution in [0.25, 0.3) is 75.1 Å². The number of hydrogen-bond donors (Lipinski definition) is 0. The van der Waals surface area contributed by atoms with Crippen molar-refractivity contribution in [1.29, 1.82) is 0 Å². The smallest absolute Gasteiger partial charge is 0.0629 e. The SMILES string of the molecule is [2H]c1c([2H])c([2H])c2c(-c3ccc(N(c4ccc(-c5cccc6ccccc56)cc4)c4cccc(-c5ccc6c(c5)sc5ccccc56)c4)cc3)c([2H])c([2H])c([2H])c2c1[2H]. The van der Waals surface area contributed by atoms with E-state index in [1.165, 1.54) is 30.9 Å². The summed E-state index contributed by atoms with van der Waals surface area (Å²) in [6.45, 7) is 0. The number of hydrogen-bond acceptors (Lipinski definition) is 2. The fourth-order valence-corrected chi connectivity index (χ4v) is 8.40. The van der Waals surface area contributed by atoms with Gasteiger partial charge in [-0.05, 0) is 103 Å². The second-order valence-corrected chi connectivity index (χ2v) is 13.9. The first-order chi connectivity index (χ1) is 28.7. The van der Waals surface area contributed by atoms with Gasteiger partial charge in [0.25, 0.3) is 0 Å². The number of nitrogens with zero attached hydrogens (tertiary/aromatic N) is 1. The number of benzene rings is 9. The van der Waals surface area contributed by atoms with Crippen molar-refractivity contribution in [2.45, 2.75) is 0 Å². The zero-order chi connectivity index (χ0) is 40.5. The summed E-state index contributed by atoms with van der Waals surface area (Å²) in [6, 6.07) is 51.7. The van der Waals surface area contributed by atoms with Gasteiger partial charge < -0.3 is 4.90 Å². The van der Waals surface area contributed by atoms with E-state index in [1.807, 2.05) is 24.3 Å². The molecule has 2 heteroatoms. The lowest BCUT2D eigenvalue weighted by Gasteiger charge is -2.26. The van der Waals surface area contributed by atoms with Crippen LogP contribution in [0.5, 0.6) is 0 Å². The van der Waals surface area contributed by atoms with E-state index in [2.05, 4.69) is 138 Å². The maximum absolute atomic E-state index is 8.91. The third-order valence-electron chi connectivity index (χ3n) is 9.77. The molecule has 0 spiro atoms. The molecule has 52 heavy (non-hydrogen) atoms. The van der Waals surface area contributed by atoms with Gasteiger partial charge in [0.05, 0.1) is 9.60 Å². The molecule has 1 nitrogen and oxygen atoms in total. The Morgan fingerprint density at radius 3 is 1.85 bits per heavy atom. The number of anilines is 3. The molecule has 0 bridgehead atoms. The van der Waals surface area contributed by atoms with Crippen LogP contribution in [-0.2, 0) is 0 Å². The van der Waals surface area contributed by atoms with Gasteiger partial charge in [0, 0.05) is 37.2 Å². The Kier molecular flexibility index (Phi) is 5.82. The minimum atomic E-state index is -0.470. The van der Waals surface area contributed by atoms with E-state index in [0.29, 0.717) is 5.56 Å². The first kappa shape index (κ1) is 23.8. The van der Waals surface area contributed by atoms with Gasteiger partial charge in [-0.25, -0.2) is 0 Å². The molecule has 0 saturated carbocycles. The van der Waals surface area contributed by atoms with Gasteiger partial charge in [0.1, 0.15) is 0 Å². The third kappa shape index (κ3) is 5.33. The highest BCUT2D eigenvalue weighted by atomic mass is 32.1. The summed E-state index contributed by atoms with van der Waals surface area (Å²) < 4.78 is 62.5. The summed E-state index contributed by atoms with van der Waals surface area (Å²) >= 11 is 1.79. The molecule has 0 fully saturated rings. The summed E-state index contributed by atoms with van der Waals surface area (Å²) in [5.74, 6) is 0. The summed E-state index contributed by atoms with van der Waals surface area (Å²) in [7, 11) is 0. The first-order valence-corrected chi connectivity index (χ1v) is 18.0. The van der Waals surface area contributed by atoms with Gasteiger partial charge in [-0.3, -0.25) is 0 Å². The monoisotopic (exact) mass is 686 g/mol. The highest BCUT2D eigenvalue weighted by molar-refractivity contribution is 7.25. The molecule has 9 aromatic carbocycles. The molecule has 0 radical (unpaired) electrons. The van der Waals surface area contributed by atoms with Gasteiger partial charge >= 0.3 is 0 Å². The molecular weight excluding hydrogens is 647 g/mol. The van der Waals surface area contributed by atoms with Crippen LogP contribution < -0.4 is 4.90 Å². The standard InChI is InChI=1S/C50H33NS/c1-3-16-43-34(10-1)12-8-19-45(43)36-22-27-40(28-23-36)51(41-29-24-37(25-30-41)46-20-9-13-35-11-2-4-17-44(35)46)42-15-7-14-38(32-42)39-26-31-48-47-18-5-6-21-49(47)52-50(48)33-39/h1-33H/i1D,3D,8D,10D,12D,16D,19D. The van der Waals surface area contributed by atoms with Crippen LogP contribution in [0, 0.1) is 0 Å². The molecule has 0 N–H and O–H groups in total. The molecule has 0 saturated heterocycles. The van der Waals surface area contributed by atoms with Gasteiger partial charge in [-0.2, -0.15) is 0 Å². The Morgan fingerprint density at radius 1 is 0.365 bits per heavy atom. The normalized spacial score (nSPS) is 13.3. The van der Waals surface area contributed by atoms with Crippen molar-refractivity contribution in [2.75, 3.05) is 4.90 Å². The quantitative estimate of drug-likeness (QED) is 0.168. The molecule has 10 aromatic rings. The number of thiophene rings is 1. The molecule has 0 unspecified atom stereocenters. The highest BCUT2D eigenvalue weighted by Gasteiger charge is 2.16. The predicted molar refractivity (Wildman–Crippen MR) is 225 cm³/mol. The van der Waals surface area contributed by atoms with E-state index in [1.54, 1.807) is 11.3 Å². The van der Waals surface area contributed by atoms with Crippen molar-refractivity contribution in [2.24, 2.45) is 0 Å². The van der Waals surface area contributed by atoms with Gasteiger partial charge in [-0.15, -0.1) is 11.3 Å². The van der Waals surface area contributed by atoms with Crippen LogP contribution in [0.3, 0.4) is 0 Å². The Labute approximate surface area is 317 Å². The second-order valence-electron chi connectivity index (χ2n) is 12.8. The summed E-state index contributed by atoms with van der Waals surface area (Å²) in [5, 5.41) is 4.87. The molecule has 0 aliphatic carbocycles. The van der Waals surface area contributed by atoms with Crippen LogP contribution in [0.2, 0.25) is 0 Å².